The van der Waals surface area contributed by atoms with Crippen LogP contribution in [0.4, 0.5) is 0 Å². The molecule has 0 spiro atoms. The number of nitrogens with one attached hydrogen (secondary N) is 1. The van der Waals surface area contributed by atoms with Gasteiger partial charge in [0.05, 0.1) is 6.54 Å². The smallest absolute Gasteiger partial charge is 0.234 e. The number of hydrogen-bond acceptors (Lipinski definition) is 4. The average molecular weight is 279 g/mol. The minimum Gasteiger partial charge on any atom is -0.409 e. The lowest BCUT2D eigenvalue weighted by Crippen LogP contribution is -2.51. The van der Waals surface area contributed by atoms with E-state index < -0.39 is 5.41 Å². The number of aromatic nitrogens is 2. The monoisotopic (exact) mass is 279 g/mol. The Morgan fingerprint density at radius 2 is 2.30 bits per heavy atom. The van der Waals surface area contributed by atoms with E-state index in [1.165, 1.54) is 0 Å². The maximum Gasteiger partial charge on any atom is 0.234 e. The first kappa shape index (κ1) is 14.4. The Hall–Kier alpha value is -2.05. The van der Waals surface area contributed by atoms with Crippen LogP contribution >= 0.6 is 0 Å². The number of hydrogen-bond donors (Lipinski definition) is 3. The van der Waals surface area contributed by atoms with Crippen molar-refractivity contribution in [1.82, 2.24) is 15.1 Å². The van der Waals surface area contributed by atoms with Gasteiger partial charge < -0.3 is 16.3 Å². The van der Waals surface area contributed by atoms with E-state index in [-0.39, 0.29) is 17.8 Å². The number of amides is 1. The van der Waals surface area contributed by atoms with Crippen molar-refractivity contribution < 1.29 is 10.0 Å². The zero-order valence-electron chi connectivity index (χ0n) is 11.6. The second kappa shape index (κ2) is 5.94. The molecule has 0 saturated heterocycles. The first-order chi connectivity index (χ1) is 9.58. The summed E-state index contributed by atoms with van der Waals surface area (Å²) in [6.07, 6.45) is 6.63. The van der Waals surface area contributed by atoms with Crippen LogP contribution in [-0.2, 0) is 11.3 Å². The van der Waals surface area contributed by atoms with Crippen LogP contribution in [0, 0.1) is 5.41 Å². The lowest BCUT2D eigenvalue weighted by Gasteiger charge is -2.28. The quantitative estimate of drug-likeness (QED) is 0.319. The molecule has 1 atom stereocenters. The van der Waals surface area contributed by atoms with E-state index in [1.807, 2.05) is 19.2 Å². The van der Waals surface area contributed by atoms with Crippen LogP contribution in [0.5, 0.6) is 0 Å². The molecule has 1 saturated carbocycles. The Balaban J connectivity index is 2.02. The maximum absolute atomic E-state index is 12.5. The van der Waals surface area contributed by atoms with E-state index in [2.05, 4.69) is 15.6 Å². The van der Waals surface area contributed by atoms with E-state index in [0.717, 1.165) is 12.8 Å². The maximum atomic E-state index is 12.5. The van der Waals surface area contributed by atoms with Crippen LogP contribution in [0.25, 0.3) is 0 Å². The summed E-state index contributed by atoms with van der Waals surface area (Å²) >= 11 is 0. The molecule has 2 rings (SSSR count). The number of carbonyl (C=O) groups is 1. The van der Waals surface area contributed by atoms with Gasteiger partial charge in [0.25, 0.3) is 0 Å². The summed E-state index contributed by atoms with van der Waals surface area (Å²) < 4.78 is 1.76. The lowest BCUT2D eigenvalue weighted by atomic mass is 9.83. The third-order valence-corrected chi connectivity index (χ3v) is 3.89. The van der Waals surface area contributed by atoms with Crippen molar-refractivity contribution in [2.45, 2.75) is 45.2 Å². The fourth-order valence-electron chi connectivity index (χ4n) is 2.77. The minimum absolute atomic E-state index is 0.0128. The fourth-order valence-corrected chi connectivity index (χ4v) is 2.77. The number of nitrogens with zero attached hydrogens (tertiary/aromatic N) is 3. The molecule has 1 aromatic rings. The zero-order chi connectivity index (χ0) is 14.6. The summed E-state index contributed by atoms with van der Waals surface area (Å²) in [5, 5.41) is 19.0. The Morgan fingerprint density at radius 1 is 1.60 bits per heavy atom. The lowest BCUT2D eigenvalue weighted by molar-refractivity contribution is -0.128. The van der Waals surface area contributed by atoms with Crippen LogP contribution in [0.1, 0.15) is 32.6 Å². The largest absolute Gasteiger partial charge is 0.409 e. The van der Waals surface area contributed by atoms with Crippen LogP contribution < -0.4 is 11.1 Å². The number of rotatable bonds is 5. The predicted molar refractivity (Wildman–Crippen MR) is 74.1 cm³/mol. The van der Waals surface area contributed by atoms with Gasteiger partial charge in [0.15, 0.2) is 5.84 Å². The number of nitrogens with two attached hydrogens (primary N) is 1. The summed E-state index contributed by atoms with van der Waals surface area (Å²) in [7, 11) is 0. The van der Waals surface area contributed by atoms with Gasteiger partial charge in [-0.2, -0.15) is 5.10 Å². The van der Waals surface area contributed by atoms with Crippen molar-refractivity contribution in [2.75, 3.05) is 0 Å². The van der Waals surface area contributed by atoms with Gasteiger partial charge >= 0.3 is 0 Å². The first-order valence-electron chi connectivity index (χ1n) is 6.85. The van der Waals surface area contributed by atoms with E-state index in [0.29, 0.717) is 19.4 Å². The van der Waals surface area contributed by atoms with Crippen molar-refractivity contribution in [3.05, 3.63) is 18.5 Å². The molecule has 0 aliphatic heterocycles. The van der Waals surface area contributed by atoms with Crippen molar-refractivity contribution >= 4 is 11.7 Å². The van der Waals surface area contributed by atoms with Crippen LogP contribution in [0.15, 0.2) is 23.6 Å². The Morgan fingerprint density at radius 3 is 2.85 bits per heavy atom. The van der Waals surface area contributed by atoms with Crippen molar-refractivity contribution in [2.24, 2.45) is 16.3 Å². The molecule has 1 aliphatic carbocycles. The van der Waals surface area contributed by atoms with Gasteiger partial charge in [-0.25, -0.2) is 0 Å². The summed E-state index contributed by atoms with van der Waals surface area (Å²) in [5.74, 6) is -0.149. The molecule has 1 aliphatic rings. The number of oxime groups is 1. The van der Waals surface area contributed by atoms with Crippen molar-refractivity contribution in [3.63, 3.8) is 0 Å². The standard InChI is InChI=1S/C13H21N5O2/c1-10(9-18-8-4-7-15-18)16-12(19)13(11(14)17-20)5-2-3-6-13/h4,7-8,10,20H,2-3,5-6,9H2,1H3,(H2,14,17)(H,16,19). The summed E-state index contributed by atoms with van der Waals surface area (Å²) in [6, 6.07) is 1.76. The Bertz CT molecular complexity index is 477. The molecule has 1 aromatic heterocycles. The van der Waals surface area contributed by atoms with Gasteiger partial charge in [0.2, 0.25) is 5.91 Å². The molecule has 0 bridgehead atoms. The Kier molecular flexibility index (Phi) is 4.26. The Labute approximate surface area is 117 Å². The second-order valence-corrected chi connectivity index (χ2v) is 5.38. The fraction of sp³-hybridized carbons (Fsp3) is 0.615. The molecular formula is C13H21N5O2. The van der Waals surface area contributed by atoms with Gasteiger partial charge in [-0.1, -0.05) is 18.0 Å². The topological polar surface area (TPSA) is 106 Å². The highest BCUT2D eigenvalue weighted by molar-refractivity contribution is 6.07. The molecule has 4 N–H and O–H groups in total. The summed E-state index contributed by atoms with van der Waals surface area (Å²) in [6.45, 7) is 2.50. The predicted octanol–water partition coefficient (Wildman–Crippen LogP) is 0.695. The van der Waals surface area contributed by atoms with Gasteiger partial charge in [-0.15, -0.1) is 0 Å². The van der Waals surface area contributed by atoms with Crippen molar-refractivity contribution in [1.29, 1.82) is 0 Å². The van der Waals surface area contributed by atoms with Gasteiger partial charge in [0.1, 0.15) is 5.41 Å². The van der Waals surface area contributed by atoms with Gasteiger partial charge in [0, 0.05) is 18.4 Å². The van der Waals surface area contributed by atoms with Crippen LogP contribution in [-0.4, -0.2) is 32.8 Å². The molecule has 1 fully saturated rings. The molecule has 7 nitrogen and oxygen atoms in total. The highest BCUT2D eigenvalue weighted by atomic mass is 16.4. The van der Waals surface area contributed by atoms with E-state index in [4.69, 9.17) is 10.9 Å². The second-order valence-electron chi connectivity index (χ2n) is 5.38. The molecular weight excluding hydrogens is 258 g/mol. The van der Waals surface area contributed by atoms with E-state index in [1.54, 1.807) is 10.9 Å². The minimum atomic E-state index is -0.854. The highest BCUT2D eigenvalue weighted by Gasteiger charge is 2.45. The number of carbonyl (C=O) groups excluding carboxylic acids is 1. The van der Waals surface area contributed by atoms with E-state index in [9.17, 15) is 4.79 Å². The zero-order valence-corrected chi connectivity index (χ0v) is 11.6. The molecule has 20 heavy (non-hydrogen) atoms. The third-order valence-electron chi connectivity index (χ3n) is 3.89. The van der Waals surface area contributed by atoms with E-state index >= 15 is 0 Å². The average Bonchev–Trinajstić information content (AvgIpc) is 3.08. The van der Waals surface area contributed by atoms with Crippen LogP contribution in [0.3, 0.4) is 0 Å². The van der Waals surface area contributed by atoms with Crippen molar-refractivity contribution in [3.8, 4) is 0 Å². The molecule has 110 valence electrons. The molecule has 1 heterocycles. The normalized spacial score (nSPS) is 19.8. The summed E-state index contributed by atoms with van der Waals surface area (Å²) in [5.41, 5.74) is 4.89. The highest BCUT2D eigenvalue weighted by Crippen LogP contribution is 2.38. The third kappa shape index (κ3) is 2.76. The van der Waals surface area contributed by atoms with Gasteiger partial charge in [-0.3, -0.25) is 9.48 Å². The van der Waals surface area contributed by atoms with Gasteiger partial charge in [-0.05, 0) is 25.8 Å². The summed E-state index contributed by atoms with van der Waals surface area (Å²) in [4.78, 5) is 12.5. The SMILES string of the molecule is CC(Cn1cccn1)NC(=O)C1(C(N)=NO)CCCC1. The molecule has 1 amide bonds. The van der Waals surface area contributed by atoms with Crippen LogP contribution in [0.2, 0.25) is 0 Å². The first-order valence-corrected chi connectivity index (χ1v) is 6.85. The number of amidine groups is 1. The molecule has 0 aromatic carbocycles. The molecule has 1 unspecified atom stereocenters. The molecule has 7 heteroatoms. The molecule has 0 radical (unpaired) electrons.